The summed E-state index contributed by atoms with van der Waals surface area (Å²) in [6, 6.07) is 11.2. The summed E-state index contributed by atoms with van der Waals surface area (Å²) in [6.07, 6.45) is 5.98. The fourth-order valence-electron chi connectivity index (χ4n) is 4.25. The van der Waals surface area contributed by atoms with Crippen LogP contribution >= 0.6 is 0 Å². The number of carbonyl (C=O) groups excluding carboxylic acids is 2. The van der Waals surface area contributed by atoms with Crippen LogP contribution in [0.15, 0.2) is 72.4 Å². The number of rotatable bonds is 5. The lowest BCUT2D eigenvalue weighted by Crippen LogP contribution is -2.32. The monoisotopic (exact) mass is 444 g/mol. The second-order valence-corrected chi connectivity index (χ2v) is 8.45. The van der Waals surface area contributed by atoms with E-state index in [0.29, 0.717) is 29.8 Å². The molecule has 33 heavy (non-hydrogen) atoms. The average Bonchev–Trinajstić information content (AvgIpc) is 2.93. The van der Waals surface area contributed by atoms with Gasteiger partial charge >= 0.3 is 0 Å². The van der Waals surface area contributed by atoms with Crippen molar-refractivity contribution in [1.82, 2.24) is 0 Å². The van der Waals surface area contributed by atoms with E-state index in [1.165, 1.54) is 0 Å². The summed E-state index contributed by atoms with van der Waals surface area (Å²) in [6.45, 7) is 11.8. The van der Waals surface area contributed by atoms with Crippen LogP contribution in [-0.4, -0.2) is 23.5 Å². The minimum Gasteiger partial charge on any atom is -0.388 e. The van der Waals surface area contributed by atoms with Crippen molar-refractivity contribution in [2.45, 2.75) is 46.6 Å². The van der Waals surface area contributed by atoms with Crippen molar-refractivity contribution in [3.63, 3.8) is 0 Å². The summed E-state index contributed by atoms with van der Waals surface area (Å²) in [5.41, 5.74) is 5.98. The van der Waals surface area contributed by atoms with Gasteiger partial charge in [0.25, 0.3) is 11.8 Å². The zero-order chi connectivity index (χ0) is 24.1. The number of nitrogens with one attached hydrogen (secondary N) is 1. The van der Waals surface area contributed by atoms with E-state index in [0.717, 1.165) is 34.4 Å². The number of carbonyl (C=O) groups is 2. The molecule has 2 amide bonds. The largest absolute Gasteiger partial charge is 0.388 e. The number of hydrogen-bond donors (Lipinski definition) is 2. The number of hydrogen-bond acceptors (Lipinski definition) is 3. The van der Waals surface area contributed by atoms with E-state index in [2.05, 4.69) is 11.9 Å². The molecule has 0 saturated heterocycles. The van der Waals surface area contributed by atoms with Gasteiger partial charge in [-0.05, 0) is 75.9 Å². The highest BCUT2D eigenvalue weighted by Crippen LogP contribution is 2.35. The first-order valence-electron chi connectivity index (χ1n) is 11.2. The molecule has 1 atom stereocenters. The van der Waals surface area contributed by atoms with Gasteiger partial charge in [-0.1, -0.05) is 42.5 Å². The normalized spacial score (nSPS) is 16.6. The molecule has 0 aliphatic carbocycles. The predicted molar refractivity (Wildman–Crippen MR) is 135 cm³/mol. The Morgan fingerprint density at radius 3 is 2.61 bits per heavy atom. The maximum Gasteiger partial charge on any atom is 0.258 e. The second kappa shape index (κ2) is 10.5. The molecule has 0 radical (unpaired) electrons. The number of benzene rings is 2. The van der Waals surface area contributed by atoms with Crippen molar-refractivity contribution in [3.8, 4) is 0 Å². The van der Waals surface area contributed by atoms with Gasteiger partial charge in [-0.15, -0.1) is 0 Å². The number of amides is 2. The standard InChI is InChI=1S/C28H32N2O3/c1-6-9-19(4)22(7-2)27(32)29-21-12-13-23(20(5)17-21)28(33)30-15-8-10-26(31)24-16-18(3)11-14-25(24)30/h6-7,9,11-14,16-17,26,31H,1,8,10,15H2,2-5H3,(H,29,32)/b19-9-,22-7+. The lowest BCUT2D eigenvalue weighted by atomic mass is 10.0. The van der Waals surface area contributed by atoms with Crippen molar-refractivity contribution in [3.05, 3.63) is 94.6 Å². The molecule has 1 heterocycles. The highest BCUT2D eigenvalue weighted by atomic mass is 16.3. The first-order valence-corrected chi connectivity index (χ1v) is 11.2. The molecule has 2 N–H and O–H groups in total. The topological polar surface area (TPSA) is 69.6 Å². The van der Waals surface area contributed by atoms with Crippen molar-refractivity contribution in [1.29, 1.82) is 0 Å². The van der Waals surface area contributed by atoms with Gasteiger partial charge in [0.2, 0.25) is 0 Å². The Morgan fingerprint density at radius 1 is 1.18 bits per heavy atom. The van der Waals surface area contributed by atoms with Crippen LogP contribution in [0.25, 0.3) is 0 Å². The van der Waals surface area contributed by atoms with Crippen LogP contribution in [0.5, 0.6) is 0 Å². The predicted octanol–water partition coefficient (Wildman–Crippen LogP) is 5.79. The van der Waals surface area contributed by atoms with E-state index in [1.807, 2.05) is 52.0 Å². The molecule has 2 aromatic carbocycles. The molecule has 0 saturated carbocycles. The molecule has 1 aliphatic heterocycles. The summed E-state index contributed by atoms with van der Waals surface area (Å²) in [7, 11) is 0. The zero-order valence-electron chi connectivity index (χ0n) is 19.8. The third-order valence-electron chi connectivity index (χ3n) is 5.98. The van der Waals surface area contributed by atoms with Gasteiger partial charge in [0.15, 0.2) is 0 Å². The van der Waals surface area contributed by atoms with Gasteiger partial charge in [-0.3, -0.25) is 9.59 Å². The first kappa shape index (κ1) is 24.2. The van der Waals surface area contributed by atoms with Crippen molar-refractivity contribution in [2.75, 3.05) is 16.8 Å². The van der Waals surface area contributed by atoms with Crippen LogP contribution in [0.4, 0.5) is 11.4 Å². The van der Waals surface area contributed by atoms with E-state index in [1.54, 1.807) is 35.3 Å². The first-order chi connectivity index (χ1) is 15.8. The lowest BCUT2D eigenvalue weighted by Gasteiger charge is -2.24. The molecule has 1 unspecified atom stereocenters. The van der Waals surface area contributed by atoms with E-state index in [9.17, 15) is 14.7 Å². The number of aryl methyl sites for hydroxylation is 2. The summed E-state index contributed by atoms with van der Waals surface area (Å²) in [5.74, 6) is -0.319. The number of allylic oxidation sites excluding steroid dienone is 3. The summed E-state index contributed by atoms with van der Waals surface area (Å²) < 4.78 is 0. The van der Waals surface area contributed by atoms with Crippen molar-refractivity contribution in [2.24, 2.45) is 0 Å². The maximum absolute atomic E-state index is 13.5. The van der Waals surface area contributed by atoms with Crippen molar-refractivity contribution < 1.29 is 14.7 Å². The SMILES string of the molecule is C=C/C=C(C)\C(=C/C)C(=O)Nc1ccc(C(=O)N2CCCC(O)c3cc(C)ccc32)c(C)c1. The highest BCUT2D eigenvalue weighted by molar-refractivity contribution is 6.09. The fraction of sp³-hybridized carbons (Fsp3) is 0.286. The van der Waals surface area contributed by atoms with Crippen molar-refractivity contribution >= 4 is 23.2 Å². The maximum atomic E-state index is 13.5. The van der Waals surface area contributed by atoms with Gasteiger partial charge in [0.1, 0.15) is 0 Å². The molecule has 2 aromatic rings. The second-order valence-electron chi connectivity index (χ2n) is 8.45. The Bertz CT molecular complexity index is 1140. The molecule has 5 nitrogen and oxygen atoms in total. The minimum absolute atomic E-state index is 0.108. The van der Waals surface area contributed by atoms with Crippen LogP contribution in [0.1, 0.15) is 59.8 Å². The quantitative estimate of drug-likeness (QED) is 0.453. The number of aliphatic hydroxyl groups is 1. The zero-order valence-corrected chi connectivity index (χ0v) is 19.8. The Labute approximate surface area is 196 Å². The van der Waals surface area contributed by atoms with Crippen LogP contribution in [0.3, 0.4) is 0 Å². The van der Waals surface area contributed by atoms with Gasteiger partial charge in [0, 0.05) is 34.6 Å². The molecular formula is C28H32N2O3. The Balaban J connectivity index is 1.86. The van der Waals surface area contributed by atoms with E-state index in [-0.39, 0.29) is 11.8 Å². The number of anilines is 2. The number of fused-ring (bicyclic) bond motifs is 1. The molecule has 0 spiro atoms. The Morgan fingerprint density at radius 2 is 1.94 bits per heavy atom. The third kappa shape index (κ3) is 5.32. The average molecular weight is 445 g/mol. The van der Waals surface area contributed by atoms with E-state index < -0.39 is 6.10 Å². The van der Waals surface area contributed by atoms with E-state index >= 15 is 0 Å². The molecule has 5 heteroatoms. The fourth-order valence-corrected chi connectivity index (χ4v) is 4.25. The van der Waals surface area contributed by atoms with Gasteiger partial charge in [0.05, 0.1) is 6.10 Å². The summed E-state index contributed by atoms with van der Waals surface area (Å²) in [4.78, 5) is 28.0. The molecule has 0 aromatic heterocycles. The third-order valence-corrected chi connectivity index (χ3v) is 5.98. The molecule has 172 valence electrons. The lowest BCUT2D eigenvalue weighted by molar-refractivity contribution is -0.112. The molecular weight excluding hydrogens is 412 g/mol. The van der Waals surface area contributed by atoms with Gasteiger partial charge in [-0.2, -0.15) is 0 Å². The number of nitrogens with zero attached hydrogens (tertiary/aromatic N) is 1. The molecule has 0 fully saturated rings. The molecule has 3 rings (SSSR count). The minimum atomic E-state index is -0.573. The van der Waals surface area contributed by atoms with Gasteiger partial charge < -0.3 is 15.3 Å². The van der Waals surface area contributed by atoms with E-state index in [4.69, 9.17) is 0 Å². The summed E-state index contributed by atoms with van der Waals surface area (Å²) >= 11 is 0. The highest BCUT2D eigenvalue weighted by Gasteiger charge is 2.27. The molecule has 1 aliphatic rings. The van der Waals surface area contributed by atoms with Crippen LogP contribution in [0.2, 0.25) is 0 Å². The molecule has 0 bridgehead atoms. The Hall–Kier alpha value is -3.44. The summed E-state index contributed by atoms with van der Waals surface area (Å²) in [5, 5.41) is 13.5. The Kier molecular flexibility index (Phi) is 7.67. The van der Waals surface area contributed by atoms with Crippen LogP contribution in [0, 0.1) is 13.8 Å². The number of aliphatic hydroxyl groups excluding tert-OH is 1. The van der Waals surface area contributed by atoms with Crippen LogP contribution in [-0.2, 0) is 4.79 Å². The van der Waals surface area contributed by atoms with Crippen LogP contribution < -0.4 is 10.2 Å². The smallest absolute Gasteiger partial charge is 0.258 e. The van der Waals surface area contributed by atoms with Gasteiger partial charge in [-0.25, -0.2) is 0 Å².